The van der Waals surface area contributed by atoms with Gasteiger partial charge < -0.3 is 10.4 Å². The number of carbonyl (C=O) groups is 1. The van der Waals surface area contributed by atoms with E-state index in [1.807, 2.05) is 30.3 Å². The Kier molecular flexibility index (Phi) is 5.69. The van der Waals surface area contributed by atoms with Crippen LogP contribution >= 0.6 is 11.8 Å². The van der Waals surface area contributed by atoms with Gasteiger partial charge >= 0.3 is 0 Å². The Morgan fingerprint density at radius 2 is 1.94 bits per heavy atom. The van der Waals surface area contributed by atoms with Gasteiger partial charge in [-0.05, 0) is 5.56 Å². The van der Waals surface area contributed by atoms with Crippen molar-refractivity contribution in [3.63, 3.8) is 0 Å². The van der Waals surface area contributed by atoms with Crippen LogP contribution in [0.1, 0.15) is 32.4 Å². The van der Waals surface area contributed by atoms with Crippen molar-refractivity contribution in [2.75, 3.05) is 12.4 Å². The third-order valence-electron chi connectivity index (χ3n) is 2.36. The number of thioether (sulfide) groups is 1. The van der Waals surface area contributed by atoms with Crippen molar-refractivity contribution < 1.29 is 9.90 Å². The first kappa shape index (κ1) is 15.1. The van der Waals surface area contributed by atoms with Gasteiger partial charge in [-0.2, -0.15) is 0 Å². The number of carbonyl (C=O) groups excluding carboxylic acids is 1. The van der Waals surface area contributed by atoms with E-state index in [0.29, 0.717) is 5.75 Å². The molecular formula is C14H21NO2S. The van der Waals surface area contributed by atoms with Gasteiger partial charge in [0.15, 0.2) is 0 Å². The third-order valence-corrected chi connectivity index (χ3v) is 3.63. The SMILES string of the molecule is CC(C)(C)SCC(=O)N[C@@H](CO)c1ccccc1. The molecule has 0 saturated heterocycles. The molecule has 4 heteroatoms. The van der Waals surface area contributed by atoms with E-state index < -0.39 is 0 Å². The number of rotatable bonds is 5. The van der Waals surface area contributed by atoms with Crippen LogP contribution in [0.2, 0.25) is 0 Å². The summed E-state index contributed by atoms with van der Waals surface area (Å²) in [7, 11) is 0. The summed E-state index contributed by atoms with van der Waals surface area (Å²) < 4.78 is 0.0683. The molecule has 3 nitrogen and oxygen atoms in total. The summed E-state index contributed by atoms with van der Waals surface area (Å²) in [4.78, 5) is 11.8. The van der Waals surface area contributed by atoms with Gasteiger partial charge in [-0.1, -0.05) is 51.1 Å². The molecule has 0 aliphatic carbocycles. The molecule has 1 rings (SSSR count). The molecule has 0 heterocycles. The van der Waals surface area contributed by atoms with Gasteiger partial charge in [0.1, 0.15) is 0 Å². The summed E-state index contributed by atoms with van der Waals surface area (Å²) in [5, 5.41) is 12.2. The lowest BCUT2D eigenvalue weighted by atomic mass is 10.1. The summed E-state index contributed by atoms with van der Waals surface area (Å²) >= 11 is 1.60. The van der Waals surface area contributed by atoms with Crippen molar-refractivity contribution in [2.45, 2.75) is 31.6 Å². The van der Waals surface area contributed by atoms with E-state index in [2.05, 4.69) is 26.1 Å². The van der Waals surface area contributed by atoms with Crippen molar-refractivity contribution in [3.05, 3.63) is 35.9 Å². The van der Waals surface area contributed by atoms with Crippen LogP contribution in [0.15, 0.2) is 30.3 Å². The molecule has 0 bridgehead atoms. The van der Waals surface area contributed by atoms with Crippen LogP contribution in [0.5, 0.6) is 0 Å². The maximum Gasteiger partial charge on any atom is 0.230 e. The zero-order valence-corrected chi connectivity index (χ0v) is 12.0. The van der Waals surface area contributed by atoms with Crippen LogP contribution in [0.3, 0.4) is 0 Å². The Balaban J connectivity index is 2.51. The summed E-state index contributed by atoms with van der Waals surface area (Å²) in [6, 6.07) is 9.19. The van der Waals surface area contributed by atoms with Crippen LogP contribution < -0.4 is 5.32 Å². The molecule has 1 aromatic carbocycles. The fourth-order valence-corrected chi connectivity index (χ4v) is 2.09. The zero-order chi connectivity index (χ0) is 13.6. The van der Waals surface area contributed by atoms with Crippen LogP contribution in [-0.2, 0) is 4.79 Å². The number of hydrogen-bond acceptors (Lipinski definition) is 3. The largest absolute Gasteiger partial charge is 0.394 e. The Hall–Kier alpha value is -1.00. The number of amides is 1. The van der Waals surface area contributed by atoms with E-state index in [1.54, 1.807) is 11.8 Å². The van der Waals surface area contributed by atoms with Crippen molar-refractivity contribution in [1.29, 1.82) is 0 Å². The normalized spacial score (nSPS) is 13.1. The molecule has 0 radical (unpaired) electrons. The predicted molar refractivity (Wildman–Crippen MR) is 76.6 cm³/mol. The quantitative estimate of drug-likeness (QED) is 0.861. The van der Waals surface area contributed by atoms with Gasteiger partial charge in [-0.15, -0.1) is 11.8 Å². The number of nitrogens with one attached hydrogen (secondary N) is 1. The molecule has 1 atom stereocenters. The minimum atomic E-state index is -0.320. The lowest BCUT2D eigenvalue weighted by molar-refractivity contribution is -0.119. The van der Waals surface area contributed by atoms with Gasteiger partial charge in [0.25, 0.3) is 0 Å². The highest BCUT2D eigenvalue weighted by atomic mass is 32.2. The number of benzene rings is 1. The second-order valence-corrected chi connectivity index (χ2v) is 6.92. The highest BCUT2D eigenvalue weighted by Crippen LogP contribution is 2.22. The fourth-order valence-electron chi connectivity index (χ4n) is 1.44. The number of hydrogen-bond donors (Lipinski definition) is 2. The summed E-state index contributed by atoms with van der Waals surface area (Å²) in [6.45, 7) is 6.14. The maximum absolute atomic E-state index is 11.8. The van der Waals surface area contributed by atoms with E-state index in [1.165, 1.54) is 0 Å². The van der Waals surface area contributed by atoms with E-state index >= 15 is 0 Å². The average Bonchev–Trinajstić information content (AvgIpc) is 2.33. The third kappa shape index (κ3) is 5.56. The van der Waals surface area contributed by atoms with Crippen molar-refractivity contribution in [3.8, 4) is 0 Å². The maximum atomic E-state index is 11.8. The minimum absolute atomic E-state index is 0.0437. The molecule has 0 aliphatic heterocycles. The molecule has 18 heavy (non-hydrogen) atoms. The lowest BCUT2D eigenvalue weighted by Gasteiger charge is -2.20. The monoisotopic (exact) mass is 267 g/mol. The smallest absolute Gasteiger partial charge is 0.230 e. The fraction of sp³-hybridized carbons (Fsp3) is 0.500. The molecule has 0 aromatic heterocycles. The Bertz CT molecular complexity index is 373. The molecule has 0 saturated carbocycles. The zero-order valence-electron chi connectivity index (χ0n) is 11.1. The van der Waals surface area contributed by atoms with Crippen molar-refractivity contribution in [1.82, 2.24) is 5.32 Å². The average molecular weight is 267 g/mol. The van der Waals surface area contributed by atoms with Gasteiger partial charge in [-0.3, -0.25) is 4.79 Å². The Morgan fingerprint density at radius 1 is 1.33 bits per heavy atom. The molecule has 0 fully saturated rings. The van der Waals surface area contributed by atoms with Gasteiger partial charge in [0.2, 0.25) is 5.91 Å². The highest BCUT2D eigenvalue weighted by molar-refractivity contribution is 8.01. The highest BCUT2D eigenvalue weighted by Gasteiger charge is 2.16. The predicted octanol–water partition coefficient (Wildman–Crippen LogP) is 2.37. The van der Waals surface area contributed by atoms with E-state index in [4.69, 9.17) is 0 Å². The first-order valence-electron chi connectivity index (χ1n) is 6.01. The topological polar surface area (TPSA) is 49.3 Å². The lowest BCUT2D eigenvalue weighted by Crippen LogP contribution is -2.33. The van der Waals surface area contributed by atoms with Crippen LogP contribution in [0.4, 0.5) is 0 Å². The molecular weight excluding hydrogens is 246 g/mol. The molecule has 0 aliphatic rings. The molecule has 100 valence electrons. The summed E-state index contributed by atoms with van der Waals surface area (Å²) in [5.74, 6) is 0.366. The van der Waals surface area contributed by atoms with E-state index in [-0.39, 0.29) is 23.3 Å². The molecule has 1 amide bonds. The number of aliphatic hydroxyl groups is 1. The first-order valence-corrected chi connectivity index (χ1v) is 7.00. The molecule has 0 unspecified atom stereocenters. The molecule has 2 N–H and O–H groups in total. The summed E-state index contributed by atoms with van der Waals surface area (Å²) in [5.41, 5.74) is 0.925. The first-order chi connectivity index (χ1) is 8.42. The van der Waals surface area contributed by atoms with Crippen LogP contribution in [-0.4, -0.2) is 28.1 Å². The van der Waals surface area contributed by atoms with Crippen LogP contribution in [0, 0.1) is 0 Å². The van der Waals surface area contributed by atoms with Crippen LogP contribution in [0.25, 0.3) is 0 Å². The molecule has 0 spiro atoms. The van der Waals surface area contributed by atoms with E-state index in [9.17, 15) is 9.90 Å². The Labute approximate surface area is 113 Å². The van der Waals surface area contributed by atoms with Gasteiger partial charge in [0, 0.05) is 4.75 Å². The van der Waals surface area contributed by atoms with Crippen molar-refractivity contribution in [2.24, 2.45) is 0 Å². The van der Waals surface area contributed by atoms with E-state index in [0.717, 1.165) is 5.56 Å². The van der Waals surface area contributed by atoms with Crippen molar-refractivity contribution >= 4 is 17.7 Å². The van der Waals surface area contributed by atoms with Gasteiger partial charge in [0.05, 0.1) is 18.4 Å². The Morgan fingerprint density at radius 3 is 2.44 bits per heavy atom. The second-order valence-electron chi connectivity index (χ2n) is 5.11. The second kappa shape index (κ2) is 6.81. The number of aliphatic hydroxyl groups excluding tert-OH is 1. The molecule has 1 aromatic rings. The minimum Gasteiger partial charge on any atom is -0.394 e. The standard InChI is InChI=1S/C14H21NO2S/c1-14(2,3)18-10-13(17)15-12(9-16)11-7-5-4-6-8-11/h4-8,12,16H,9-10H2,1-3H3,(H,15,17)/t12-/m0/s1. The summed E-state index contributed by atoms with van der Waals surface area (Å²) in [6.07, 6.45) is 0. The van der Waals surface area contributed by atoms with Gasteiger partial charge in [-0.25, -0.2) is 0 Å².